The van der Waals surface area contributed by atoms with Gasteiger partial charge in [0.25, 0.3) is 0 Å². The van der Waals surface area contributed by atoms with E-state index in [0.717, 1.165) is 0 Å². The molecule has 0 amide bonds. The lowest BCUT2D eigenvalue weighted by Gasteiger charge is -1.96. The predicted molar refractivity (Wildman–Crippen MR) is 38.0 cm³/mol. The summed E-state index contributed by atoms with van der Waals surface area (Å²) in [4.78, 5) is 18.1. The van der Waals surface area contributed by atoms with Crippen LogP contribution in [0.1, 0.15) is 13.3 Å². The first-order valence-electron chi connectivity index (χ1n) is 3.30. The highest BCUT2D eigenvalue weighted by atomic mass is 16.5. The minimum atomic E-state index is -0.323. The number of esters is 1. The molecular formula is C7H8N2O2. The molecule has 0 aliphatic rings. The van der Waals surface area contributed by atoms with Crippen molar-refractivity contribution >= 4 is 5.97 Å². The van der Waals surface area contributed by atoms with Crippen LogP contribution in [0.5, 0.6) is 6.01 Å². The number of aromatic nitrogens is 2. The Bertz CT molecular complexity index is 235. The molecule has 1 aromatic rings. The fourth-order valence-corrected chi connectivity index (χ4v) is 0.512. The van der Waals surface area contributed by atoms with E-state index >= 15 is 0 Å². The van der Waals surface area contributed by atoms with Crippen molar-refractivity contribution in [3.05, 3.63) is 18.5 Å². The molecule has 0 saturated heterocycles. The molecule has 11 heavy (non-hydrogen) atoms. The van der Waals surface area contributed by atoms with Gasteiger partial charge in [-0.25, -0.2) is 9.97 Å². The van der Waals surface area contributed by atoms with Crippen LogP contribution in [0.3, 0.4) is 0 Å². The van der Waals surface area contributed by atoms with Gasteiger partial charge in [-0.1, -0.05) is 6.92 Å². The summed E-state index contributed by atoms with van der Waals surface area (Å²) in [6.45, 7) is 1.71. The van der Waals surface area contributed by atoms with E-state index in [9.17, 15) is 4.79 Å². The van der Waals surface area contributed by atoms with E-state index in [2.05, 4.69) is 9.97 Å². The van der Waals surface area contributed by atoms with Crippen LogP contribution in [0.4, 0.5) is 0 Å². The topological polar surface area (TPSA) is 52.1 Å². The maximum atomic E-state index is 10.7. The van der Waals surface area contributed by atoms with Crippen molar-refractivity contribution in [2.75, 3.05) is 0 Å². The second kappa shape index (κ2) is 3.65. The number of carbonyl (C=O) groups excluding carboxylic acids is 1. The smallest absolute Gasteiger partial charge is 0.324 e. The fourth-order valence-electron chi connectivity index (χ4n) is 0.512. The fraction of sp³-hybridized carbons (Fsp3) is 0.286. The van der Waals surface area contributed by atoms with Gasteiger partial charge in [0.15, 0.2) is 0 Å². The molecule has 0 fully saturated rings. The number of ether oxygens (including phenoxy) is 1. The zero-order valence-corrected chi connectivity index (χ0v) is 6.15. The van der Waals surface area contributed by atoms with Crippen molar-refractivity contribution in [3.8, 4) is 6.01 Å². The molecule has 1 aromatic heterocycles. The van der Waals surface area contributed by atoms with Gasteiger partial charge in [-0.2, -0.15) is 0 Å². The maximum Gasteiger partial charge on any atom is 0.324 e. The quantitative estimate of drug-likeness (QED) is 0.588. The molecule has 0 saturated carbocycles. The van der Waals surface area contributed by atoms with E-state index in [4.69, 9.17) is 4.74 Å². The molecule has 0 aliphatic carbocycles. The molecule has 0 aromatic carbocycles. The van der Waals surface area contributed by atoms with Crippen LogP contribution < -0.4 is 4.74 Å². The summed E-state index contributed by atoms with van der Waals surface area (Å²) in [7, 11) is 0. The molecule has 4 heteroatoms. The molecular weight excluding hydrogens is 144 g/mol. The summed E-state index contributed by atoms with van der Waals surface area (Å²) in [6, 6.07) is 1.77. The Morgan fingerprint density at radius 1 is 1.55 bits per heavy atom. The van der Waals surface area contributed by atoms with Crippen LogP contribution in [-0.2, 0) is 4.79 Å². The first-order valence-corrected chi connectivity index (χ1v) is 3.30. The maximum absolute atomic E-state index is 10.7. The third kappa shape index (κ3) is 2.33. The highest BCUT2D eigenvalue weighted by Gasteiger charge is 2.01. The summed E-state index contributed by atoms with van der Waals surface area (Å²) >= 11 is 0. The van der Waals surface area contributed by atoms with Crippen molar-refractivity contribution in [2.45, 2.75) is 13.3 Å². The molecule has 0 unspecified atom stereocenters. The van der Waals surface area contributed by atoms with Crippen molar-refractivity contribution in [1.29, 1.82) is 0 Å². The van der Waals surface area contributed by atoms with Gasteiger partial charge >= 0.3 is 12.0 Å². The van der Waals surface area contributed by atoms with Crippen LogP contribution in [0.25, 0.3) is 0 Å². The molecule has 1 heterocycles. The molecule has 4 nitrogen and oxygen atoms in total. The van der Waals surface area contributed by atoms with E-state index < -0.39 is 0 Å². The third-order valence-electron chi connectivity index (χ3n) is 1.04. The number of carbonyl (C=O) groups is 1. The number of nitrogens with zero attached hydrogens (tertiary/aromatic N) is 2. The van der Waals surface area contributed by atoms with Crippen molar-refractivity contribution < 1.29 is 9.53 Å². The lowest BCUT2D eigenvalue weighted by molar-refractivity contribution is -0.134. The second-order valence-electron chi connectivity index (χ2n) is 1.86. The number of hydrogen-bond donors (Lipinski definition) is 0. The van der Waals surface area contributed by atoms with Crippen LogP contribution in [0, 0.1) is 0 Å². The Hall–Kier alpha value is -1.45. The van der Waals surface area contributed by atoms with Crippen molar-refractivity contribution in [2.24, 2.45) is 0 Å². The highest BCUT2D eigenvalue weighted by Crippen LogP contribution is 1.98. The average Bonchev–Trinajstić information content (AvgIpc) is 2.06. The molecule has 0 spiro atoms. The van der Waals surface area contributed by atoms with Crippen molar-refractivity contribution in [3.63, 3.8) is 0 Å². The zero-order chi connectivity index (χ0) is 8.10. The molecule has 0 atom stereocenters. The van der Waals surface area contributed by atoms with Gasteiger partial charge in [-0.3, -0.25) is 4.79 Å². The molecule has 58 valence electrons. The summed E-state index contributed by atoms with van der Waals surface area (Å²) in [5.74, 6) is -0.323. The van der Waals surface area contributed by atoms with Gasteiger partial charge in [0.1, 0.15) is 0 Å². The van der Waals surface area contributed by atoms with E-state index in [1.54, 1.807) is 13.0 Å². The summed E-state index contributed by atoms with van der Waals surface area (Å²) in [6.07, 6.45) is 3.37. The van der Waals surface area contributed by atoms with E-state index in [-0.39, 0.29) is 12.0 Å². The lowest BCUT2D eigenvalue weighted by Crippen LogP contribution is -2.07. The van der Waals surface area contributed by atoms with Gasteiger partial charge in [-0.15, -0.1) is 0 Å². The Morgan fingerprint density at radius 3 is 2.73 bits per heavy atom. The molecule has 0 N–H and O–H groups in total. The number of rotatable bonds is 2. The summed E-state index contributed by atoms with van der Waals surface area (Å²) in [5.41, 5.74) is 0. The average molecular weight is 152 g/mol. The molecule has 0 radical (unpaired) electrons. The Morgan fingerprint density at radius 2 is 2.18 bits per heavy atom. The van der Waals surface area contributed by atoms with Crippen LogP contribution >= 0.6 is 0 Å². The van der Waals surface area contributed by atoms with Crippen LogP contribution in [-0.4, -0.2) is 15.9 Å². The van der Waals surface area contributed by atoms with Crippen LogP contribution in [0.2, 0.25) is 0 Å². The summed E-state index contributed by atoms with van der Waals surface area (Å²) in [5, 5.41) is 0. The van der Waals surface area contributed by atoms with Gasteiger partial charge in [-0.05, 0) is 6.07 Å². The van der Waals surface area contributed by atoms with Gasteiger partial charge in [0, 0.05) is 18.8 Å². The van der Waals surface area contributed by atoms with Crippen LogP contribution in [0.15, 0.2) is 18.5 Å². The Kier molecular flexibility index (Phi) is 2.54. The normalized spacial score (nSPS) is 9.18. The third-order valence-corrected chi connectivity index (χ3v) is 1.04. The monoisotopic (exact) mass is 152 g/mol. The van der Waals surface area contributed by atoms with Crippen molar-refractivity contribution in [1.82, 2.24) is 9.97 Å². The number of hydrogen-bond acceptors (Lipinski definition) is 4. The van der Waals surface area contributed by atoms with E-state index in [0.29, 0.717) is 6.42 Å². The predicted octanol–water partition coefficient (Wildman–Crippen LogP) is 0.792. The second-order valence-corrected chi connectivity index (χ2v) is 1.86. The standard InChI is InChI=1S/C7H8N2O2/c1-2-6(10)11-7-8-4-3-5-9-7/h3-5H,2H2,1H3. The molecule has 1 rings (SSSR count). The van der Waals surface area contributed by atoms with E-state index in [1.165, 1.54) is 12.4 Å². The zero-order valence-electron chi connectivity index (χ0n) is 6.15. The minimum Gasteiger partial charge on any atom is -0.391 e. The summed E-state index contributed by atoms with van der Waals surface area (Å²) < 4.78 is 4.70. The van der Waals surface area contributed by atoms with Gasteiger partial charge in [0.05, 0.1) is 0 Å². The first kappa shape index (κ1) is 7.65. The Balaban J connectivity index is 2.58. The van der Waals surface area contributed by atoms with E-state index in [1.807, 2.05) is 0 Å². The SMILES string of the molecule is CCC(=O)Oc1ncccn1. The Labute approximate surface area is 64.2 Å². The first-order chi connectivity index (χ1) is 5.33. The lowest BCUT2D eigenvalue weighted by atomic mass is 10.5. The van der Waals surface area contributed by atoms with Gasteiger partial charge in [0.2, 0.25) is 0 Å². The minimum absolute atomic E-state index is 0.111. The molecule has 0 bridgehead atoms. The van der Waals surface area contributed by atoms with Gasteiger partial charge < -0.3 is 4.74 Å². The largest absolute Gasteiger partial charge is 0.391 e. The highest BCUT2D eigenvalue weighted by molar-refractivity contribution is 5.70. The molecule has 0 aliphatic heterocycles.